The number of nitrogens with zero attached hydrogens (tertiary/aromatic N) is 3. The summed E-state index contributed by atoms with van der Waals surface area (Å²) in [6.45, 7) is 1.81. The van der Waals surface area contributed by atoms with E-state index in [0.717, 1.165) is 16.3 Å². The zero-order valence-electron chi connectivity index (χ0n) is 19.4. The number of oxime groups is 1. The Morgan fingerprint density at radius 3 is 2.32 bits per heavy atom. The standard InChI is InChI=1S/C27H20ClF3N4O2/c1-16-24(25(34-37-16)18-7-3-2-4-8-18)32-26(36)19-13-11-17(12-14-19)22-15-23(27(29,30)31)33-35(22)21-10-6-5-9-20(21)28/h2-16,24H,1H3,(H,32,36). The summed E-state index contributed by atoms with van der Waals surface area (Å²) in [5, 5.41) is 11.1. The number of alkyl halides is 3. The van der Waals surface area contributed by atoms with Crippen LogP contribution in [0.3, 0.4) is 0 Å². The van der Waals surface area contributed by atoms with Gasteiger partial charge in [0.25, 0.3) is 5.91 Å². The zero-order chi connectivity index (χ0) is 26.2. The Labute approximate surface area is 215 Å². The van der Waals surface area contributed by atoms with Crippen LogP contribution in [0.2, 0.25) is 5.02 Å². The van der Waals surface area contributed by atoms with Crippen molar-refractivity contribution in [2.24, 2.45) is 5.16 Å². The number of rotatable bonds is 5. The number of carbonyl (C=O) groups is 1. The van der Waals surface area contributed by atoms with Crippen LogP contribution in [0.25, 0.3) is 16.9 Å². The van der Waals surface area contributed by atoms with Crippen LogP contribution in [0.1, 0.15) is 28.5 Å². The van der Waals surface area contributed by atoms with Gasteiger partial charge in [0.05, 0.1) is 16.4 Å². The van der Waals surface area contributed by atoms with Crippen LogP contribution in [0.15, 0.2) is 90.1 Å². The van der Waals surface area contributed by atoms with E-state index >= 15 is 0 Å². The fraction of sp³-hybridized carbons (Fsp3) is 0.148. The molecule has 0 bridgehead atoms. The smallest absolute Gasteiger partial charge is 0.390 e. The van der Waals surface area contributed by atoms with E-state index in [0.29, 0.717) is 22.5 Å². The Morgan fingerprint density at radius 1 is 0.973 bits per heavy atom. The second-order valence-electron chi connectivity index (χ2n) is 8.46. The van der Waals surface area contributed by atoms with Crippen molar-refractivity contribution in [2.75, 3.05) is 0 Å². The fourth-order valence-electron chi connectivity index (χ4n) is 4.06. The molecule has 1 aliphatic rings. The highest BCUT2D eigenvalue weighted by atomic mass is 35.5. The molecule has 10 heteroatoms. The van der Waals surface area contributed by atoms with E-state index in [1.807, 2.05) is 37.3 Å². The maximum atomic E-state index is 13.5. The molecule has 0 fully saturated rings. The molecule has 0 spiro atoms. The summed E-state index contributed by atoms with van der Waals surface area (Å²) >= 11 is 6.24. The summed E-state index contributed by atoms with van der Waals surface area (Å²) in [5.41, 5.74) is 1.65. The molecule has 2 atom stereocenters. The van der Waals surface area contributed by atoms with Gasteiger partial charge in [-0.2, -0.15) is 18.3 Å². The molecule has 37 heavy (non-hydrogen) atoms. The molecule has 0 radical (unpaired) electrons. The Bertz CT molecular complexity index is 1470. The van der Waals surface area contributed by atoms with Gasteiger partial charge >= 0.3 is 6.18 Å². The van der Waals surface area contributed by atoms with E-state index < -0.39 is 17.9 Å². The third-order valence-corrected chi connectivity index (χ3v) is 6.28. The van der Waals surface area contributed by atoms with E-state index in [2.05, 4.69) is 15.6 Å². The minimum absolute atomic E-state index is 0.184. The molecule has 0 saturated carbocycles. The normalized spacial score (nSPS) is 17.3. The lowest BCUT2D eigenvalue weighted by molar-refractivity contribution is -0.141. The molecule has 4 aromatic rings. The van der Waals surface area contributed by atoms with Crippen molar-refractivity contribution in [1.29, 1.82) is 0 Å². The Kier molecular flexibility index (Phi) is 6.47. The average molecular weight is 525 g/mol. The quantitative estimate of drug-likeness (QED) is 0.341. The molecular formula is C27H20ClF3N4O2. The predicted octanol–water partition coefficient (Wildman–Crippen LogP) is 6.13. The third kappa shape index (κ3) is 4.95. The number of aromatic nitrogens is 2. The van der Waals surface area contributed by atoms with Crippen molar-refractivity contribution in [3.8, 4) is 16.9 Å². The van der Waals surface area contributed by atoms with Gasteiger partial charge in [-0.3, -0.25) is 4.79 Å². The molecule has 2 heterocycles. The van der Waals surface area contributed by atoms with Gasteiger partial charge in [-0.15, -0.1) is 0 Å². The Morgan fingerprint density at radius 2 is 1.65 bits per heavy atom. The monoisotopic (exact) mass is 524 g/mol. The number of benzene rings is 3. The summed E-state index contributed by atoms with van der Waals surface area (Å²) < 4.78 is 41.6. The maximum absolute atomic E-state index is 13.5. The number of hydrogen-bond acceptors (Lipinski definition) is 4. The van der Waals surface area contributed by atoms with Gasteiger partial charge in [0, 0.05) is 16.7 Å². The highest BCUT2D eigenvalue weighted by Crippen LogP contribution is 2.34. The Hall–Kier alpha value is -4.11. The first-order valence-electron chi connectivity index (χ1n) is 11.3. The lowest BCUT2D eigenvalue weighted by Gasteiger charge is -2.17. The minimum atomic E-state index is -4.64. The van der Waals surface area contributed by atoms with Crippen molar-refractivity contribution in [1.82, 2.24) is 15.1 Å². The van der Waals surface area contributed by atoms with E-state index in [-0.39, 0.29) is 22.7 Å². The molecule has 0 saturated heterocycles. The fourth-order valence-corrected chi connectivity index (χ4v) is 4.27. The molecule has 0 aliphatic carbocycles. The van der Waals surface area contributed by atoms with E-state index in [1.54, 1.807) is 48.5 Å². The second kappa shape index (κ2) is 9.74. The topological polar surface area (TPSA) is 68.5 Å². The summed E-state index contributed by atoms with van der Waals surface area (Å²) in [4.78, 5) is 18.4. The van der Waals surface area contributed by atoms with Crippen LogP contribution in [-0.4, -0.2) is 33.5 Å². The lowest BCUT2D eigenvalue weighted by atomic mass is 9.99. The number of halogens is 4. The average Bonchev–Trinajstić information content (AvgIpc) is 3.49. The third-order valence-electron chi connectivity index (χ3n) is 5.96. The van der Waals surface area contributed by atoms with E-state index in [9.17, 15) is 18.0 Å². The first-order chi connectivity index (χ1) is 17.7. The van der Waals surface area contributed by atoms with Crippen LogP contribution in [0.4, 0.5) is 13.2 Å². The number of amides is 1. The lowest BCUT2D eigenvalue weighted by Crippen LogP contribution is -2.45. The molecule has 3 aromatic carbocycles. The number of hydrogen-bond donors (Lipinski definition) is 1. The van der Waals surface area contributed by atoms with E-state index in [1.165, 1.54) is 0 Å². The van der Waals surface area contributed by atoms with Gasteiger partial charge in [-0.05, 0) is 37.3 Å². The number of para-hydroxylation sites is 1. The molecular weight excluding hydrogens is 505 g/mol. The van der Waals surface area contributed by atoms with Gasteiger partial charge < -0.3 is 10.2 Å². The number of carbonyl (C=O) groups excluding carboxylic acids is 1. The van der Waals surface area contributed by atoms with Crippen LogP contribution in [-0.2, 0) is 11.0 Å². The van der Waals surface area contributed by atoms with Crippen LogP contribution < -0.4 is 5.32 Å². The van der Waals surface area contributed by atoms with Crippen LogP contribution >= 0.6 is 11.6 Å². The molecule has 2 unspecified atom stereocenters. The molecule has 1 amide bonds. The highest BCUT2D eigenvalue weighted by Gasteiger charge is 2.36. The maximum Gasteiger partial charge on any atom is 0.435 e. The first-order valence-corrected chi connectivity index (χ1v) is 11.7. The van der Waals surface area contributed by atoms with Gasteiger partial charge in [-0.25, -0.2) is 4.68 Å². The highest BCUT2D eigenvalue weighted by molar-refractivity contribution is 6.32. The molecule has 1 aliphatic heterocycles. The SMILES string of the molecule is CC1ON=C(c2ccccc2)C1NC(=O)c1ccc(-c2cc(C(F)(F)F)nn2-c2ccccc2Cl)cc1. The van der Waals surface area contributed by atoms with Crippen molar-refractivity contribution < 1.29 is 22.8 Å². The van der Waals surface area contributed by atoms with Gasteiger partial charge in [-0.1, -0.05) is 71.4 Å². The molecule has 188 valence electrons. The van der Waals surface area contributed by atoms with Gasteiger partial charge in [0.1, 0.15) is 11.8 Å². The van der Waals surface area contributed by atoms with Crippen molar-refractivity contribution >= 4 is 23.2 Å². The van der Waals surface area contributed by atoms with Gasteiger partial charge in [0.2, 0.25) is 0 Å². The second-order valence-corrected chi connectivity index (χ2v) is 8.86. The van der Waals surface area contributed by atoms with E-state index in [4.69, 9.17) is 16.4 Å². The predicted molar refractivity (Wildman–Crippen MR) is 134 cm³/mol. The summed E-state index contributed by atoms with van der Waals surface area (Å²) in [7, 11) is 0. The van der Waals surface area contributed by atoms with Crippen molar-refractivity contribution in [3.05, 3.63) is 107 Å². The molecule has 1 N–H and O–H groups in total. The largest absolute Gasteiger partial charge is 0.435 e. The number of nitrogens with one attached hydrogen (secondary N) is 1. The first kappa shape index (κ1) is 24.6. The Balaban J connectivity index is 1.42. The minimum Gasteiger partial charge on any atom is -0.390 e. The summed E-state index contributed by atoms with van der Waals surface area (Å²) in [6.07, 6.45) is -5.01. The van der Waals surface area contributed by atoms with Crippen LogP contribution in [0, 0.1) is 0 Å². The zero-order valence-corrected chi connectivity index (χ0v) is 20.2. The van der Waals surface area contributed by atoms with Crippen LogP contribution in [0.5, 0.6) is 0 Å². The summed E-state index contributed by atoms with van der Waals surface area (Å²) in [6, 6.07) is 22.6. The molecule has 5 rings (SSSR count). The van der Waals surface area contributed by atoms with Gasteiger partial charge in [0.15, 0.2) is 11.8 Å². The van der Waals surface area contributed by atoms with Crippen molar-refractivity contribution in [2.45, 2.75) is 25.2 Å². The molecule has 1 aromatic heterocycles. The van der Waals surface area contributed by atoms with Crippen molar-refractivity contribution in [3.63, 3.8) is 0 Å². The summed E-state index contributed by atoms with van der Waals surface area (Å²) in [5.74, 6) is -0.367. The molecule has 6 nitrogen and oxygen atoms in total.